The Morgan fingerprint density at radius 1 is 1.15 bits per heavy atom. The van der Waals surface area contributed by atoms with Crippen LogP contribution in [-0.4, -0.2) is 21.2 Å². The molecule has 0 aliphatic heterocycles. The Labute approximate surface area is 156 Å². The molecular weight excluding hydrogens is 346 g/mol. The fourth-order valence-corrected chi connectivity index (χ4v) is 3.60. The number of amides is 1. The van der Waals surface area contributed by atoms with Crippen LogP contribution in [0.15, 0.2) is 58.5 Å². The molecular formula is C20H21N3O2S. The summed E-state index contributed by atoms with van der Waals surface area (Å²) < 4.78 is 1.61. The maximum Gasteiger partial charge on any atom is 0.262 e. The fraction of sp³-hybridized carbons (Fsp3) is 0.250. The summed E-state index contributed by atoms with van der Waals surface area (Å²) in [6, 6.07) is 15.1. The number of nitrogens with one attached hydrogen (secondary N) is 1. The third-order valence-electron chi connectivity index (χ3n) is 4.09. The molecule has 0 aliphatic carbocycles. The first-order valence-electron chi connectivity index (χ1n) is 8.63. The van der Waals surface area contributed by atoms with Crippen LogP contribution in [0.1, 0.15) is 19.4 Å². The number of fused-ring (bicyclic) bond motifs is 1. The average Bonchev–Trinajstić information content (AvgIpc) is 2.66. The first-order valence-corrected chi connectivity index (χ1v) is 9.62. The number of para-hydroxylation sites is 1. The van der Waals surface area contributed by atoms with Crippen molar-refractivity contribution in [2.75, 3.05) is 11.1 Å². The smallest absolute Gasteiger partial charge is 0.262 e. The molecule has 1 amide bonds. The second-order valence-electron chi connectivity index (χ2n) is 5.85. The van der Waals surface area contributed by atoms with Crippen molar-refractivity contribution in [1.29, 1.82) is 0 Å². The van der Waals surface area contributed by atoms with Crippen LogP contribution in [0, 0.1) is 0 Å². The van der Waals surface area contributed by atoms with Gasteiger partial charge in [-0.3, -0.25) is 14.2 Å². The molecule has 3 aromatic rings. The van der Waals surface area contributed by atoms with Gasteiger partial charge in [0.25, 0.3) is 5.56 Å². The Morgan fingerprint density at radius 3 is 2.73 bits per heavy atom. The third kappa shape index (κ3) is 3.96. The largest absolute Gasteiger partial charge is 0.325 e. The van der Waals surface area contributed by atoms with Gasteiger partial charge in [0, 0.05) is 12.2 Å². The summed E-state index contributed by atoms with van der Waals surface area (Å²) in [5.74, 6) is 0.0783. The van der Waals surface area contributed by atoms with Crippen molar-refractivity contribution in [3.05, 3.63) is 64.4 Å². The average molecular weight is 367 g/mol. The van der Waals surface area contributed by atoms with E-state index >= 15 is 0 Å². The number of nitrogens with zero attached hydrogens (tertiary/aromatic N) is 2. The zero-order chi connectivity index (χ0) is 18.5. The number of aromatic nitrogens is 2. The van der Waals surface area contributed by atoms with E-state index in [1.54, 1.807) is 10.6 Å². The maximum absolute atomic E-state index is 12.6. The first-order chi connectivity index (χ1) is 12.6. The van der Waals surface area contributed by atoms with E-state index in [9.17, 15) is 9.59 Å². The lowest BCUT2D eigenvalue weighted by Crippen LogP contribution is -2.23. The highest BCUT2D eigenvalue weighted by atomic mass is 32.2. The second kappa shape index (κ2) is 8.19. The molecule has 2 aromatic carbocycles. The normalized spacial score (nSPS) is 10.8. The molecule has 1 N–H and O–H groups in total. The van der Waals surface area contributed by atoms with E-state index in [0.717, 1.165) is 12.1 Å². The van der Waals surface area contributed by atoms with E-state index < -0.39 is 0 Å². The predicted octanol–water partition coefficient (Wildman–Crippen LogP) is 3.71. The number of thioether (sulfide) groups is 1. The molecule has 134 valence electrons. The highest BCUT2D eigenvalue weighted by Gasteiger charge is 2.12. The summed E-state index contributed by atoms with van der Waals surface area (Å²) in [5, 5.41) is 4.06. The van der Waals surface area contributed by atoms with Crippen molar-refractivity contribution in [3.8, 4) is 0 Å². The Kier molecular flexibility index (Phi) is 5.73. The lowest BCUT2D eigenvalue weighted by atomic mass is 10.1. The van der Waals surface area contributed by atoms with E-state index in [-0.39, 0.29) is 17.2 Å². The van der Waals surface area contributed by atoms with E-state index in [1.165, 1.54) is 17.3 Å². The van der Waals surface area contributed by atoms with Crippen LogP contribution in [0.5, 0.6) is 0 Å². The Bertz CT molecular complexity index is 998. The number of rotatable bonds is 6. The molecule has 0 unspecified atom stereocenters. The predicted molar refractivity (Wildman–Crippen MR) is 107 cm³/mol. The number of carbonyl (C=O) groups is 1. The third-order valence-corrected chi connectivity index (χ3v) is 5.07. The zero-order valence-electron chi connectivity index (χ0n) is 14.9. The summed E-state index contributed by atoms with van der Waals surface area (Å²) in [6.07, 6.45) is 0.919. The molecule has 0 saturated carbocycles. The van der Waals surface area contributed by atoms with Crippen LogP contribution in [0.3, 0.4) is 0 Å². The summed E-state index contributed by atoms with van der Waals surface area (Å²) in [4.78, 5) is 29.4. The molecule has 0 atom stereocenters. The molecule has 3 rings (SSSR count). The molecule has 0 fully saturated rings. The number of anilines is 1. The minimum Gasteiger partial charge on any atom is -0.325 e. The lowest BCUT2D eigenvalue weighted by Gasteiger charge is -2.11. The van der Waals surface area contributed by atoms with Gasteiger partial charge in [-0.1, -0.05) is 43.0 Å². The van der Waals surface area contributed by atoms with Crippen molar-refractivity contribution in [2.24, 2.45) is 0 Å². The summed E-state index contributed by atoms with van der Waals surface area (Å²) in [5.41, 5.74) is 2.54. The fourth-order valence-electron chi connectivity index (χ4n) is 2.73. The number of benzene rings is 2. The van der Waals surface area contributed by atoms with Crippen LogP contribution in [0.4, 0.5) is 5.69 Å². The van der Waals surface area contributed by atoms with Crippen molar-refractivity contribution in [2.45, 2.75) is 32.0 Å². The lowest BCUT2D eigenvalue weighted by molar-refractivity contribution is -0.113. The molecule has 6 heteroatoms. The second-order valence-corrected chi connectivity index (χ2v) is 6.79. The summed E-state index contributed by atoms with van der Waals surface area (Å²) in [6.45, 7) is 4.49. The zero-order valence-corrected chi connectivity index (χ0v) is 15.7. The Morgan fingerprint density at radius 2 is 1.96 bits per heavy atom. The van der Waals surface area contributed by atoms with E-state index in [4.69, 9.17) is 0 Å². The number of hydrogen-bond acceptors (Lipinski definition) is 4. The van der Waals surface area contributed by atoms with E-state index in [2.05, 4.69) is 17.2 Å². The summed E-state index contributed by atoms with van der Waals surface area (Å²) in [7, 11) is 0. The molecule has 1 heterocycles. The van der Waals surface area contributed by atoms with Gasteiger partial charge < -0.3 is 5.32 Å². The van der Waals surface area contributed by atoms with Crippen molar-refractivity contribution >= 4 is 34.3 Å². The van der Waals surface area contributed by atoms with Crippen LogP contribution in [0.2, 0.25) is 0 Å². The van der Waals surface area contributed by atoms with Crippen LogP contribution in [-0.2, 0) is 17.8 Å². The minimum atomic E-state index is -0.117. The van der Waals surface area contributed by atoms with Gasteiger partial charge in [0.15, 0.2) is 5.16 Å². The van der Waals surface area contributed by atoms with E-state index in [0.29, 0.717) is 22.6 Å². The van der Waals surface area contributed by atoms with Gasteiger partial charge in [0.1, 0.15) is 0 Å². The van der Waals surface area contributed by atoms with Crippen LogP contribution < -0.4 is 10.9 Å². The number of aryl methyl sites for hydroxylation is 1. The molecule has 26 heavy (non-hydrogen) atoms. The van der Waals surface area contributed by atoms with Gasteiger partial charge in [0.05, 0.1) is 16.7 Å². The van der Waals surface area contributed by atoms with Crippen LogP contribution >= 0.6 is 11.8 Å². The molecule has 0 aliphatic rings. The van der Waals surface area contributed by atoms with Crippen molar-refractivity contribution in [1.82, 2.24) is 9.55 Å². The highest BCUT2D eigenvalue weighted by Crippen LogP contribution is 2.18. The van der Waals surface area contributed by atoms with Gasteiger partial charge in [-0.15, -0.1) is 0 Å². The molecule has 0 bridgehead atoms. The van der Waals surface area contributed by atoms with Gasteiger partial charge in [-0.2, -0.15) is 0 Å². The first kappa shape index (κ1) is 18.2. The number of carbonyl (C=O) groups excluding carboxylic acids is 1. The van der Waals surface area contributed by atoms with E-state index in [1.807, 2.05) is 49.4 Å². The summed E-state index contributed by atoms with van der Waals surface area (Å²) >= 11 is 1.28. The van der Waals surface area contributed by atoms with Crippen molar-refractivity contribution in [3.63, 3.8) is 0 Å². The molecule has 0 radical (unpaired) electrons. The standard InChI is InChI=1S/C20H21N3O2S/c1-3-14-8-7-9-15(12-14)21-18(24)13-26-20-22-17-11-6-5-10-16(17)19(25)23(20)4-2/h5-12H,3-4,13H2,1-2H3,(H,21,24). The minimum absolute atomic E-state index is 0.0725. The van der Waals surface area contributed by atoms with Crippen LogP contribution in [0.25, 0.3) is 10.9 Å². The molecule has 0 saturated heterocycles. The highest BCUT2D eigenvalue weighted by molar-refractivity contribution is 7.99. The molecule has 1 aromatic heterocycles. The topological polar surface area (TPSA) is 64.0 Å². The number of hydrogen-bond donors (Lipinski definition) is 1. The monoisotopic (exact) mass is 367 g/mol. The Hall–Kier alpha value is -2.60. The molecule has 5 nitrogen and oxygen atoms in total. The van der Waals surface area contributed by atoms with Gasteiger partial charge in [-0.25, -0.2) is 4.98 Å². The van der Waals surface area contributed by atoms with Gasteiger partial charge in [0.2, 0.25) is 5.91 Å². The van der Waals surface area contributed by atoms with Gasteiger partial charge >= 0.3 is 0 Å². The quantitative estimate of drug-likeness (QED) is 0.533. The van der Waals surface area contributed by atoms with Crippen molar-refractivity contribution < 1.29 is 4.79 Å². The Balaban J connectivity index is 1.76. The molecule has 0 spiro atoms. The van der Waals surface area contributed by atoms with Gasteiger partial charge in [-0.05, 0) is 43.2 Å². The maximum atomic E-state index is 12.6. The SMILES string of the molecule is CCc1cccc(NC(=O)CSc2nc3ccccc3c(=O)n2CC)c1.